The molecule has 4 nitrogen and oxygen atoms in total. The van der Waals surface area contributed by atoms with Crippen molar-refractivity contribution in [1.29, 1.82) is 0 Å². The van der Waals surface area contributed by atoms with E-state index in [0.717, 1.165) is 27.5 Å². The van der Waals surface area contributed by atoms with Crippen LogP contribution in [-0.2, 0) is 5.41 Å². The molecule has 0 unspecified atom stereocenters. The average molecular weight is 454 g/mol. The summed E-state index contributed by atoms with van der Waals surface area (Å²) in [5, 5.41) is 11.1. The molecule has 0 spiro atoms. The van der Waals surface area contributed by atoms with E-state index in [1.54, 1.807) is 0 Å². The summed E-state index contributed by atoms with van der Waals surface area (Å²) in [7, 11) is 0. The van der Waals surface area contributed by atoms with Gasteiger partial charge in [-0.3, -0.25) is 0 Å². The molecule has 6 aromatic rings. The minimum Gasteiger partial charge on any atom is -0.416 e. The third kappa shape index (κ3) is 2.74. The van der Waals surface area contributed by atoms with Crippen molar-refractivity contribution in [2.45, 2.75) is 19.3 Å². The van der Waals surface area contributed by atoms with Crippen molar-refractivity contribution >= 4 is 28.0 Å². The van der Waals surface area contributed by atoms with E-state index in [1.807, 2.05) is 18.3 Å². The summed E-state index contributed by atoms with van der Waals surface area (Å²) >= 11 is 0. The smallest absolute Gasteiger partial charge is 0.248 e. The SMILES string of the molecule is C=Cn1c2ccccc2c2cc(-c3nnc(-c4ccc5c(c4)C(C)(C)c4ccccc4-5)o3)ccc21. The third-order valence-electron chi connectivity index (χ3n) is 7.39. The predicted molar refractivity (Wildman–Crippen MR) is 142 cm³/mol. The lowest BCUT2D eigenvalue weighted by molar-refractivity contribution is 0.584. The first kappa shape index (κ1) is 20.0. The fourth-order valence-electron chi connectivity index (χ4n) is 5.63. The number of fused-ring (bicyclic) bond motifs is 6. The van der Waals surface area contributed by atoms with Crippen LogP contribution in [0.3, 0.4) is 0 Å². The monoisotopic (exact) mass is 453 g/mol. The van der Waals surface area contributed by atoms with Crippen LogP contribution in [0.15, 0.2) is 95.9 Å². The summed E-state index contributed by atoms with van der Waals surface area (Å²) in [4.78, 5) is 0. The topological polar surface area (TPSA) is 43.9 Å². The van der Waals surface area contributed by atoms with Gasteiger partial charge in [-0.2, -0.15) is 0 Å². The molecule has 1 aliphatic rings. The molecule has 0 atom stereocenters. The van der Waals surface area contributed by atoms with Crippen molar-refractivity contribution < 1.29 is 4.42 Å². The quantitative estimate of drug-likeness (QED) is 0.273. The molecule has 4 heteroatoms. The van der Waals surface area contributed by atoms with E-state index in [9.17, 15) is 0 Å². The Bertz CT molecular complexity index is 1800. The van der Waals surface area contributed by atoms with Gasteiger partial charge in [-0.15, -0.1) is 10.2 Å². The number of rotatable bonds is 3. The minimum absolute atomic E-state index is 0.0742. The Balaban J connectivity index is 1.32. The van der Waals surface area contributed by atoms with Crippen LogP contribution in [0.2, 0.25) is 0 Å². The molecule has 0 saturated heterocycles. The number of benzene rings is 4. The average Bonchev–Trinajstić information content (AvgIpc) is 3.56. The van der Waals surface area contributed by atoms with Crippen molar-refractivity contribution in [1.82, 2.24) is 14.8 Å². The summed E-state index contributed by atoms with van der Waals surface area (Å²) < 4.78 is 8.31. The summed E-state index contributed by atoms with van der Waals surface area (Å²) in [6, 6.07) is 29.7. The lowest BCUT2D eigenvalue weighted by Gasteiger charge is -2.21. The molecule has 2 heterocycles. The molecule has 0 amide bonds. The van der Waals surface area contributed by atoms with E-state index in [4.69, 9.17) is 4.42 Å². The molecule has 0 aliphatic heterocycles. The van der Waals surface area contributed by atoms with E-state index in [2.05, 4.69) is 108 Å². The molecule has 0 saturated carbocycles. The second-order valence-corrected chi connectivity index (χ2v) is 9.64. The van der Waals surface area contributed by atoms with Crippen molar-refractivity contribution in [3.05, 3.63) is 103 Å². The molecule has 0 radical (unpaired) electrons. The molecule has 4 aromatic carbocycles. The van der Waals surface area contributed by atoms with Crippen molar-refractivity contribution in [3.63, 3.8) is 0 Å². The zero-order chi connectivity index (χ0) is 23.7. The summed E-state index contributed by atoms with van der Waals surface area (Å²) in [5.41, 5.74) is 9.21. The second-order valence-electron chi connectivity index (χ2n) is 9.64. The van der Waals surface area contributed by atoms with Crippen LogP contribution in [0.5, 0.6) is 0 Å². The van der Waals surface area contributed by atoms with Crippen molar-refractivity contribution in [2.24, 2.45) is 0 Å². The lowest BCUT2D eigenvalue weighted by Crippen LogP contribution is -2.14. The molecule has 2 aromatic heterocycles. The second kappa shape index (κ2) is 7.03. The highest BCUT2D eigenvalue weighted by molar-refractivity contribution is 6.10. The number of hydrogen-bond donors (Lipinski definition) is 0. The van der Waals surface area contributed by atoms with Crippen LogP contribution in [0.1, 0.15) is 25.0 Å². The minimum atomic E-state index is -0.0742. The molecular formula is C31H23N3O. The fourth-order valence-corrected chi connectivity index (χ4v) is 5.63. The molecule has 1 aliphatic carbocycles. The van der Waals surface area contributed by atoms with Gasteiger partial charge in [0.15, 0.2) is 0 Å². The number of aromatic nitrogens is 3. The van der Waals surface area contributed by atoms with E-state index >= 15 is 0 Å². The Morgan fingerprint density at radius 1 is 0.714 bits per heavy atom. The molecular weight excluding hydrogens is 430 g/mol. The van der Waals surface area contributed by atoms with Gasteiger partial charge in [0.1, 0.15) is 0 Å². The maximum absolute atomic E-state index is 6.21. The van der Waals surface area contributed by atoms with Crippen molar-refractivity contribution in [3.8, 4) is 34.0 Å². The standard InChI is InChI=1S/C31H23N3O/c1-4-34-27-12-8-6-10-23(27)24-17-19(14-16-28(24)34)29-32-33-30(35-29)20-13-15-22-21-9-5-7-11-25(21)31(2,3)26(22)18-20/h4-18H,1H2,2-3H3. The molecule has 0 fully saturated rings. The first-order chi connectivity index (χ1) is 17.1. The molecule has 7 rings (SSSR count). The van der Waals surface area contributed by atoms with Gasteiger partial charge in [-0.1, -0.05) is 69.0 Å². The molecule has 0 bridgehead atoms. The van der Waals surface area contributed by atoms with Gasteiger partial charge in [-0.25, -0.2) is 0 Å². The van der Waals surface area contributed by atoms with E-state index in [0.29, 0.717) is 11.8 Å². The van der Waals surface area contributed by atoms with Gasteiger partial charge in [0.2, 0.25) is 11.8 Å². The number of nitrogens with zero attached hydrogens (tertiary/aromatic N) is 3. The van der Waals surface area contributed by atoms with Crippen LogP contribution in [0.25, 0.3) is 62.0 Å². The number of para-hydroxylation sites is 1. The highest BCUT2D eigenvalue weighted by Gasteiger charge is 2.35. The van der Waals surface area contributed by atoms with E-state index in [1.165, 1.54) is 27.6 Å². The van der Waals surface area contributed by atoms with Gasteiger partial charge >= 0.3 is 0 Å². The first-order valence-corrected chi connectivity index (χ1v) is 11.8. The highest BCUT2D eigenvalue weighted by Crippen LogP contribution is 2.49. The molecule has 168 valence electrons. The van der Waals surface area contributed by atoms with E-state index < -0.39 is 0 Å². The van der Waals surface area contributed by atoms with Crippen LogP contribution >= 0.6 is 0 Å². The van der Waals surface area contributed by atoms with Gasteiger partial charge in [0.05, 0.1) is 11.0 Å². The normalized spacial score (nSPS) is 13.8. The Labute approximate surface area is 203 Å². The van der Waals surface area contributed by atoms with Gasteiger partial charge in [0.25, 0.3) is 0 Å². The Morgan fingerprint density at radius 3 is 2.20 bits per heavy atom. The van der Waals surface area contributed by atoms with Crippen LogP contribution < -0.4 is 0 Å². The fraction of sp³-hybridized carbons (Fsp3) is 0.0968. The summed E-state index contributed by atoms with van der Waals surface area (Å²) in [6.45, 7) is 8.54. The van der Waals surface area contributed by atoms with Crippen LogP contribution in [0.4, 0.5) is 0 Å². The van der Waals surface area contributed by atoms with E-state index in [-0.39, 0.29) is 5.41 Å². The number of hydrogen-bond acceptors (Lipinski definition) is 3. The highest BCUT2D eigenvalue weighted by atomic mass is 16.4. The van der Waals surface area contributed by atoms with Crippen LogP contribution in [0, 0.1) is 0 Å². The lowest BCUT2D eigenvalue weighted by atomic mass is 9.82. The van der Waals surface area contributed by atoms with Gasteiger partial charge in [0, 0.05) is 33.5 Å². The zero-order valence-corrected chi connectivity index (χ0v) is 19.6. The Kier molecular flexibility index (Phi) is 4.01. The molecule has 0 N–H and O–H groups in total. The summed E-state index contributed by atoms with van der Waals surface area (Å²) in [6.07, 6.45) is 1.85. The van der Waals surface area contributed by atoms with Gasteiger partial charge in [-0.05, 0) is 58.7 Å². The van der Waals surface area contributed by atoms with Gasteiger partial charge < -0.3 is 8.98 Å². The maximum atomic E-state index is 6.21. The first-order valence-electron chi connectivity index (χ1n) is 11.8. The van der Waals surface area contributed by atoms with Crippen molar-refractivity contribution in [2.75, 3.05) is 0 Å². The predicted octanol–water partition coefficient (Wildman–Crippen LogP) is 7.92. The largest absolute Gasteiger partial charge is 0.416 e. The summed E-state index contributed by atoms with van der Waals surface area (Å²) in [5.74, 6) is 1.04. The third-order valence-corrected chi connectivity index (χ3v) is 7.39. The molecule has 35 heavy (non-hydrogen) atoms. The zero-order valence-electron chi connectivity index (χ0n) is 19.6. The Morgan fingerprint density at radius 2 is 1.37 bits per heavy atom. The Hall–Kier alpha value is -4.44. The van der Waals surface area contributed by atoms with Crippen LogP contribution in [-0.4, -0.2) is 14.8 Å². The maximum Gasteiger partial charge on any atom is 0.248 e.